The maximum atomic E-state index is 12.7. The van der Waals surface area contributed by atoms with Crippen molar-refractivity contribution in [2.45, 2.75) is 6.54 Å². The quantitative estimate of drug-likeness (QED) is 0.908. The van der Waals surface area contributed by atoms with Gasteiger partial charge >= 0.3 is 12.2 Å². The van der Waals surface area contributed by atoms with Gasteiger partial charge in [0.1, 0.15) is 5.02 Å². The zero-order valence-electron chi connectivity index (χ0n) is 9.65. The number of hydrogen-bond donors (Lipinski definition) is 1. The fourth-order valence-electron chi connectivity index (χ4n) is 1.28. The maximum Gasteiger partial charge on any atom is 0.315 e. The Morgan fingerprint density at radius 1 is 1.20 bits per heavy atom. The zero-order valence-corrected chi connectivity index (χ0v) is 11.2. The monoisotopic (exact) mass is 322 g/mol. The van der Waals surface area contributed by atoms with Crippen molar-refractivity contribution < 1.29 is 8.78 Å². The first-order chi connectivity index (χ1) is 9.47. The molecular formula is C9H6Cl2F2N6O. The molecular weight excluding hydrogens is 317 g/mol. The number of hydrogen-bond acceptors (Lipinski definition) is 6. The van der Waals surface area contributed by atoms with Crippen molar-refractivity contribution in [2.75, 3.05) is 11.9 Å². The molecule has 0 unspecified atom stereocenters. The van der Waals surface area contributed by atoms with E-state index < -0.39 is 17.7 Å². The maximum absolute atomic E-state index is 12.7. The molecule has 2 rings (SSSR count). The Morgan fingerprint density at radius 2 is 1.85 bits per heavy atom. The number of halogens is 4. The lowest BCUT2D eigenvalue weighted by Crippen LogP contribution is -2.26. The minimum Gasteiger partial charge on any atom is -0.352 e. The summed E-state index contributed by atoms with van der Waals surface area (Å²) in [5.74, 6) is -0.289. The molecule has 0 saturated carbocycles. The van der Waals surface area contributed by atoms with E-state index in [-0.39, 0.29) is 29.1 Å². The van der Waals surface area contributed by atoms with E-state index in [1.165, 1.54) is 6.20 Å². The topological polar surface area (TPSA) is 85.6 Å². The van der Waals surface area contributed by atoms with Crippen LogP contribution in [0.15, 0.2) is 11.0 Å². The van der Waals surface area contributed by atoms with Gasteiger partial charge in [-0.05, 0) is 0 Å². The molecule has 7 nitrogen and oxygen atoms in total. The lowest BCUT2D eigenvalue weighted by molar-refractivity contribution is 0.456. The highest BCUT2D eigenvalue weighted by Crippen LogP contribution is 2.14. The molecule has 0 aromatic carbocycles. The lowest BCUT2D eigenvalue weighted by Gasteiger charge is -2.06. The summed E-state index contributed by atoms with van der Waals surface area (Å²) in [5.41, 5.74) is -0.575. The average molecular weight is 323 g/mol. The van der Waals surface area contributed by atoms with Crippen LogP contribution in [0, 0.1) is 12.2 Å². The van der Waals surface area contributed by atoms with E-state index in [1.807, 2.05) is 0 Å². The summed E-state index contributed by atoms with van der Waals surface area (Å²) in [4.78, 5) is 20.8. The predicted octanol–water partition coefficient (Wildman–Crippen LogP) is 1.13. The molecule has 0 fully saturated rings. The van der Waals surface area contributed by atoms with Gasteiger partial charge in [-0.2, -0.15) is 28.8 Å². The molecule has 0 atom stereocenters. The molecule has 0 aliphatic heterocycles. The summed E-state index contributed by atoms with van der Waals surface area (Å²) in [5, 5.41) is 6.16. The Hall–Kier alpha value is -1.87. The molecule has 0 aliphatic carbocycles. The molecule has 20 heavy (non-hydrogen) atoms. The number of rotatable bonds is 4. The molecule has 2 aromatic rings. The van der Waals surface area contributed by atoms with E-state index in [2.05, 4.69) is 25.4 Å². The fourth-order valence-corrected chi connectivity index (χ4v) is 1.55. The van der Waals surface area contributed by atoms with E-state index in [0.29, 0.717) is 0 Å². The van der Waals surface area contributed by atoms with Gasteiger partial charge in [0, 0.05) is 6.54 Å². The van der Waals surface area contributed by atoms with Gasteiger partial charge in [-0.3, -0.25) is 4.79 Å². The Morgan fingerprint density at radius 3 is 2.50 bits per heavy atom. The van der Waals surface area contributed by atoms with E-state index in [9.17, 15) is 13.6 Å². The minimum absolute atomic E-state index is 0.0440. The van der Waals surface area contributed by atoms with Crippen LogP contribution in [0.4, 0.5) is 14.7 Å². The Bertz CT molecular complexity index is 674. The highest BCUT2D eigenvalue weighted by molar-refractivity contribution is 6.41. The van der Waals surface area contributed by atoms with Crippen LogP contribution < -0.4 is 10.9 Å². The molecule has 0 saturated heterocycles. The van der Waals surface area contributed by atoms with Crippen molar-refractivity contribution in [1.82, 2.24) is 24.7 Å². The van der Waals surface area contributed by atoms with E-state index in [1.54, 1.807) is 0 Å². The van der Waals surface area contributed by atoms with Gasteiger partial charge < -0.3 is 5.32 Å². The smallest absolute Gasteiger partial charge is 0.315 e. The third-order valence-corrected chi connectivity index (χ3v) is 2.88. The van der Waals surface area contributed by atoms with Crippen LogP contribution in [0.3, 0.4) is 0 Å². The molecule has 2 heterocycles. The molecule has 2 aromatic heterocycles. The second-order valence-corrected chi connectivity index (χ2v) is 4.24. The summed E-state index contributed by atoms with van der Waals surface area (Å²) in [6, 6.07) is 0. The fraction of sp³-hybridized carbons (Fsp3) is 0.222. The van der Waals surface area contributed by atoms with Gasteiger partial charge in [0.15, 0.2) is 0 Å². The first-order valence-corrected chi connectivity index (χ1v) is 5.95. The zero-order chi connectivity index (χ0) is 14.7. The van der Waals surface area contributed by atoms with Crippen molar-refractivity contribution in [3.05, 3.63) is 38.8 Å². The Kier molecular flexibility index (Phi) is 4.40. The Balaban J connectivity index is 2.03. The number of anilines is 1. The van der Waals surface area contributed by atoms with Crippen LogP contribution >= 0.6 is 23.2 Å². The van der Waals surface area contributed by atoms with Gasteiger partial charge in [-0.25, -0.2) is 4.68 Å². The van der Waals surface area contributed by atoms with E-state index >= 15 is 0 Å². The van der Waals surface area contributed by atoms with Gasteiger partial charge in [0.05, 0.1) is 17.8 Å². The third kappa shape index (κ3) is 3.36. The normalized spacial score (nSPS) is 10.6. The predicted molar refractivity (Wildman–Crippen MR) is 66.7 cm³/mol. The van der Waals surface area contributed by atoms with E-state index in [4.69, 9.17) is 23.2 Å². The van der Waals surface area contributed by atoms with Gasteiger partial charge in [-0.1, -0.05) is 23.2 Å². The highest BCUT2D eigenvalue weighted by atomic mass is 35.5. The first kappa shape index (κ1) is 14.5. The van der Waals surface area contributed by atoms with Crippen LogP contribution in [0.5, 0.6) is 0 Å². The number of nitrogens with zero attached hydrogens (tertiary/aromatic N) is 5. The molecule has 1 N–H and O–H groups in total. The lowest BCUT2D eigenvalue weighted by atomic mass is 10.5. The summed E-state index contributed by atoms with van der Waals surface area (Å²) in [6.45, 7) is 0.165. The third-order valence-electron chi connectivity index (χ3n) is 2.13. The SMILES string of the molecule is O=c1c(Cl)c(Cl)cnn1CCNc1nc(F)nc(F)n1. The van der Waals surface area contributed by atoms with Crippen molar-refractivity contribution >= 4 is 29.2 Å². The largest absolute Gasteiger partial charge is 0.352 e. The van der Waals surface area contributed by atoms with Gasteiger partial charge in [-0.15, -0.1) is 0 Å². The second-order valence-electron chi connectivity index (χ2n) is 3.46. The van der Waals surface area contributed by atoms with Gasteiger partial charge in [0.25, 0.3) is 5.56 Å². The summed E-state index contributed by atoms with van der Waals surface area (Å²) >= 11 is 11.3. The molecule has 0 aliphatic rings. The average Bonchev–Trinajstić information content (AvgIpc) is 2.38. The second kappa shape index (κ2) is 6.06. The first-order valence-electron chi connectivity index (χ1n) is 5.19. The molecule has 0 bridgehead atoms. The van der Waals surface area contributed by atoms with E-state index in [0.717, 1.165) is 4.68 Å². The van der Waals surface area contributed by atoms with Gasteiger partial charge in [0.2, 0.25) is 5.95 Å². The van der Waals surface area contributed by atoms with Crippen molar-refractivity contribution in [3.63, 3.8) is 0 Å². The standard InChI is InChI=1S/C9H6Cl2F2N6O/c10-4-3-15-19(6(20)5(4)11)2-1-14-9-17-7(12)16-8(13)18-9/h3H,1-2H2,(H,14,16,17,18). The number of aromatic nitrogens is 5. The van der Waals surface area contributed by atoms with Crippen molar-refractivity contribution in [2.24, 2.45) is 0 Å². The minimum atomic E-state index is -1.25. The molecule has 106 valence electrons. The molecule has 0 amide bonds. The summed E-state index contributed by atoms with van der Waals surface area (Å²) in [7, 11) is 0. The van der Waals surface area contributed by atoms with Crippen molar-refractivity contribution in [3.8, 4) is 0 Å². The van der Waals surface area contributed by atoms with Crippen LogP contribution in [-0.4, -0.2) is 31.3 Å². The van der Waals surface area contributed by atoms with Crippen LogP contribution in [0.1, 0.15) is 0 Å². The van der Waals surface area contributed by atoms with Crippen LogP contribution in [-0.2, 0) is 6.54 Å². The van der Waals surface area contributed by atoms with Crippen LogP contribution in [0.2, 0.25) is 10.0 Å². The highest BCUT2D eigenvalue weighted by Gasteiger charge is 2.08. The number of nitrogens with one attached hydrogen (secondary N) is 1. The summed E-state index contributed by atoms with van der Waals surface area (Å²) in [6.07, 6.45) is -1.28. The van der Waals surface area contributed by atoms with Crippen LogP contribution in [0.25, 0.3) is 0 Å². The molecule has 0 spiro atoms. The Labute approximate surface area is 120 Å². The summed E-state index contributed by atoms with van der Waals surface area (Å²) < 4.78 is 26.4. The van der Waals surface area contributed by atoms with Crippen molar-refractivity contribution in [1.29, 1.82) is 0 Å². The molecule has 0 radical (unpaired) electrons. The molecule has 11 heteroatoms.